The van der Waals surface area contributed by atoms with Crippen molar-refractivity contribution in [1.82, 2.24) is 19.2 Å². The zero-order valence-electron chi connectivity index (χ0n) is 17.8. The van der Waals surface area contributed by atoms with Gasteiger partial charge < -0.3 is 10.1 Å². The van der Waals surface area contributed by atoms with Gasteiger partial charge in [-0.15, -0.1) is 0 Å². The van der Waals surface area contributed by atoms with E-state index in [1.807, 2.05) is 19.1 Å². The average Bonchev–Trinajstić information content (AvgIpc) is 3.34. The molecule has 0 saturated carbocycles. The van der Waals surface area contributed by atoms with Crippen molar-refractivity contribution in [2.75, 3.05) is 31.6 Å². The molecule has 5 rings (SSSR count). The summed E-state index contributed by atoms with van der Waals surface area (Å²) >= 11 is 14.1. The van der Waals surface area contributed by atoms with Crippen LogP contribution in [0.5, 0.6) is 0 Å². The van der Waals surface area contributed by atoms with Gasteiger partial charge in [0, 0.05) is 35.1 Å². The van der Waals surface area contributed by atoms with Gasteiger partial charge in [0.15, 0.2) is 0 Å². The summed E-state index contributed by atoms with van der Waals surface area (Å²) in [6, 6.07) is 4.02. The molecule has 170 valence electrons. The number of ether oxygens (including phenoxy) is 1. The fourth-order valence-electron chi connectivity index (χ4n) is 4.64. The highest BCUT2D eigenvalue weighted by atomic mass is 35.5. The highest BCUT2D eigenvalue weighted by Gasteiger charge is 2.38. The molecule has 4 heterocycles. The topological polar surface area (TPSA) is 63.2 Å². The third kappa shape index (κ3) is 4.19. The van der Waals surface area contributed by atoms with Crippen LogP contribution in [0.2, 0.25) is 10.0 Å². The molecule has 2 aliphatic heterocycles. The molecule has 2 aromatic heterocycles. The Hall–Kier alpha value is -1.58. The Balaban J connectivity index is 1.39. The number of nitrogens with one attached hydrogen (secondary N) is 1. The molecule has 2 saturated heterocycles. The summed E-state index contributed by atoms with van der Waals surface area (Å²) < 4.78 is 25.2. The lowest BCUT2D eigenvalue weighted by atomic mass is 9.86. The molecule has 0 unspecified atom stereocenters. The Morgan fingerprint density at radius 2 is 2.12 bits per heavy atom. The van der Waals surface area contributed by atoms with Crippen molar-refractivity contribution in [3.8, 4) is 0 Å². The summed E-state index contributed by atoms with van der Waals surface area (Å²) in [7, 11) is 0. The van der Waals surface area contributed by atoms with E-state index in [2.05, 4.69) is 31.5 Å². The first kappa shape index (κ1) is 22.2. The van der Waals surface area contributed by atoms with Crippen LogP contribution in [0.4, 0.5) is 15.3 Å². The van der Waals surface area contributed by atoms with Gasteiger partial charge in [0.2, 0.25) is 5.95 Å². The monoisotopic (exact) mass is 495 g/mol. The molecule has 10 heteroatoms. The molecular weight excluding hydrogens is 472 g/mol. The average molecular weight is 496 g/mol. The zero-order valence-corrected chi connectivity index (χ0v) is 20.1. The van der Waals surface area contributed by atoms with Gasteiger partial charge >= 0.3 is 0 Å². The van der Waals surface area contributed by atoms with Crippen LogP contribution >= 0.6 is 34.7 Å². The maximum Gasteiger partial charge on any atom is 0.228 e. The number of benzene rings is 1. The minimum atomic E-state index is -0.995. The van der Waals surface area contributed by atoms with Gasteiger partial charge in [-0.3, -0.25) is 4.90 Å². The summed E-state index contributed by atoms with van der Waals surface area (Å²) in [6.07, 6.45) is 1.42. The van der Waals surface area contributed by atoms with Crippen LogP contribution in [0.3, 0.4) is 0 Å². The Morgan fingerprint density at radius 1 is 1.28 bits per heavy atom. The van der Waals surface area contributed by atoms with Crippen LogP contribution in [0.25, 0.3) is 10.9 Å². The van der Waals surface area contributed by atoms with Crippen LogP contribution in [0, 0.1) is 12.8 Å². The Bertz CT molecular complexity index is 1140. The number of anilines is 2. The Kier molecular flexibility index (Phi) is 6.24. The lowest BCUT2D eigenvalue weighted by Gasteiger charge is -2.39. The summed E-state index contributed by atoms with van der Waals surface area (Å²) in [5.74, 6) is 0.588. The number of rotatable bonds is 4. The second kappa shape index (κ2) is 8.99. The molecule has 0 aliphatic carbocycles. The van der Waals surface area contributed by atoms with Crippen molar-refractivity contribution in [2.45, 2.75) is 38.4 Å². The number of nitrogens with zero attached hydrogens (tertiary/aromatic N) is 4. The Labute approximate surface area is 200 Å². The number of piperidine rings is 1. The van der Waals surface area contributed by atoms with Crippen LogP contribution in [0.1, 0.15) is 30.5 Å². The van der Waals surface area contributed by atoms with Gasteiger partial charge in [-0.2, -0.15) is 4.37 Å². The second-order valence-corrected chi connectivity index (χ2v) is 10.2. The zero-order chi connectivity index (χ0) is 22.4. The molecule has 32 heavy (non-hydrogen) atoms. The SMILES string of the molecule is Cc1nsc(Nc2ncc3cc(Cl)c([C@@H]4CCN([C@H]5COC[C@H]5C)C[C@H]4F)cc3n2)c1Cl. The molecule has 0 radical (unpaired) electrons. The first-order valence-electron chi connectivity index (χ1n) is 10.7. The van der Waals surface area contributed by atoms with Gasteiger partial charge in [0.05, 0.1) is 29.4 Å². The molecular formula is C22H24Cl2FN5OS. The lowest BCUT2D eigenvalue weighted by molar-refractivity contribution is 0.0659. The highest BCUT2D eigenvalue weighted by Crippen LogP contribution is 2.38. The molecule has 3 aromatic rings. The van der Waals surface area contributed by atoms with Crippen molar-refractivity contribution in [3.63, 3.8) is 0 Å². The van der Waals surface area contributed by atoms with Crippen molar-refractivity contribution < 1.29 is 9.13 Å². The van der Waals surface area contributed by atoms with Crippen molar-refractivity contribution in [3.05, 3.63) is 39.6 Å². The third-order valence-corrected chi connectivity index (χ3v) is 8.24. The molecule has 1 N–H and O–H groups in total. The number of aryl methyl sites for hydroxylation is 1. The molecule has 6 nitrogen and oxygen atoms in total. The number of fused-ring (bicyclic) bond motifs is 1. The number of alkyl halides is 1. The van der Waals surface area contributed by atoms with E-state index in [-0.39, 0.29) is 5.92 Å². The first-order valence-corrected chi connectivity index (χ1v) is 12.2. The second-order valence-electron chi connectivity index (χ2n) is 8.65. The number of aromatic nitrogens is 3. The van der Waals surface area contributed by atoms with Gasteiger partial charge in [-0.25, -0.2) is 14.4 Å². The van der Waals surface area contributed by atoms with E-state index in [1.54, 1.807) is 6.20 Å². The quantitative estimate of drug-likeness (QED) is 0.507. The number of hydrogen-bond donors (Lipinski definition) is 1. The molecule has 2 aliphatic rings. The van der Waals surface area contributed by atoms with Gasteiger partial charge in [-0.05, 0) is 55.0 Å². The molecule has 2 fully saturated rings. The predicted molar refractivity (Wildman–Crippen MR) is 127 cm³/mol. The van der Waals surface area contributed by atoms with E-state index in [4.69, 9.17) is 27.9 Å². The van der Waals surface area contributed by atoms with Crippen LogP contribution in [-0.2, 0) is 4.74 Å². The minimum Gasteiger partial charge on any atom is -0.379 e. The Morgan fingerprint density at radius 3 is 2.81 bits per heavy atom. The molecule has 1 aromatic carbocycles. The molecule has 4 atom stereocenters. The summed E-state index contributed by atoms with van der Waals surface area (Å²) in [5.41, 5.74) is 2.28. The number of halogens is 3. The fraction of sp³-hybridized carbons (Fsp3) is 0.500. The molecule has 0 bridgehead atoms. The number of hydrogen-bond acceptors (Lipinski definition) is 7. The normalized spacial score (nSPS) is 26.7. The number of likely N-dealkylation sites (tertiary alicyclic amines) is 1. The van der Waals surface area contributed by atoms with Crippen molar-refractivity contribution in [1.29, 1.82) is 0 Å². The maximum atomic E-state index is 15.4. The first-order chi connectivity index (χ1) is 15.4. The smallest absolute Gasteiger partial charge is 0.228 e. The highest BCUT2D eigenvalue weighted by molar-refractivity contribution is 7.11. The molecule has 0 spiro atoms. The summed E-state index contributed by atoms with van der Waals surface area (Å²) in [6.45, 7) is 6.68. The van der Waals surface area contributed by atoms with Gasteiger partial charge in [-0.1, -0.05) is 30.1 Å². The van der Waals surface area contributed by atoms with Crippen LogP contribution in [0.15, 0.2) is 18.3 Å². The predicted octanol–water partition coefficient (Wildman–Crippen LogP) is 5.61. The molecule has 0 amide bonds. The lowest BCUT2D eigenvalue weighted by Crippen LogP contribution is -2.48. The van der Waals surface area contributed by atoms with E-state index in [1.165, 1.54) is 11.5 Å². The minimum absolute atomic E-state index is 0.259. The standard InChI is InChI=1S/C22H24Cl2FN5OS/c1-11-9-31-10-19(11)30-4-3-14(17(25)8-30)15-6-18-13(5-16(15)23)7-26-22(27-18)28-21-20(24)12(2)29-32-21/h5-7,11,14,17,19H,3-4,8-10H2,1-2H3,(H,26,27,28)/t11-,14+,17-,19+/m1/s1. The third-order valence-electron chi connectivity index (χ3n) is 6.48. The summed E-state index contributed by atoms with van der Waals surface area (Å²) in [5, 5.41) is 5.74. The fourth-order valence-corrected chi connectivity index (χ4v) is 5.88. The van der Waals surface area contributed by atoms with E-state index >= 15 is 4.39 Å². The van der Waals surface area contributed by atoms with Crippen molar-refractivity contribution in [2.24, 2.45) is 5.92 Å². The summed E-state index contributed by atoms with van der Waals surface area (Å²) in [4.78, 5) is 11.2. The van der Waals surface area contributed by atoms with E-state index < -0.39 is 6.17 Å². The largest absolute Gasteiger partial charge is 0.379 e. The maximum absolute atomic E-state index is 15.4. The van der Waals surface area contributed by atoms with Crippen LogP contribution < -0.4 is 5.32 Å². The van der Waals surface area contributed by atoms with E-state index in [0.717, 1.165) is 29.8 Å². The van der Waals surface area contributed by atoms with E-state index in [0.29, 0.717) is 58.0 Å². The van der Waals surface area contributed by atoms with Crippen LogP contribution in [-0.4, -0.2) is 57.8 Å². The van der Waals surface area contributed by atoms with E-state index in [9.17, 15) is 0 Å². The van der Waals surface area contributed by atoms with Crippen molar-refractivity contribution >= 4 is 56.6 Å². The van der Waals surface area contributed by atoms with Gasteiger partial charge in [0.1, 0.15) is 11.2 Å². The van der Waals surface area contributed by atoms with Gasteiger partial charge in [0.25, 0.3) is 0 Å².